The highest BCUT2D eigenvalue weighted by molar-refractivity contribution is 9.08. The van der Waals surface area contributed by atoms with Gasteiger partial charge in [-0.2, -0.15) is 4.98 Å². The lowest BCUT2D eigenvalue weighted by atomic mass is 10.2. The standard InChI is InChI=1S/C14H13BrN2OS/c1-2-10-4-3-5-11(8-10)18-13-12(9-15)17-6-7-19-14(17)16-13/h3-8H,2,9H2,1H3. The number of thiazole rings is 1. The number of aryl methyl sites for hydroxylation is 1. The van der Waals surface area contributed by atoms with Crippen molar-refractivity contribution in [2.75, 3.05) is 0 Å². The molecule has 2 heterocycles. The largest absolute Gasteiger partial charge is 0.437 e. The zero-order valence-corrected chi connectivity index (χ0v) is 12.9. The van der Waals surface area contributed by atoms with Crippen molar-refractivity contribution in [1.82, 2.24) is 9.38 Å². The van der Waals surface area contributed by atoms with Crippen LogP contribution in [0.1, 0.15) is 18.2 Å². The Balaban J connectivity index is 1.97. The maximum absolute atomic E-state index is 5.93. The first-order valence-corrected chi connectivity index (χ1v) is 8.09. The molecule has 0 bridgehead atoms. The molecule has 0 saturated heterocycles. The fourth-order valence-electron chi connectivity index (χ4n) is 1.96. The van der Waals surface area contributed by atoms with E-state index in [1.807, 2.05) is 23.7 Å². The van der Waals surface area contributed by atoms with Crippen LogP contribution in [0.5, 0.6) is 11.6 Å². The van der Waals surface area contributed by atoms with Gasteiger partial charge in [-0.05, 0) is 24.1 Å². The first-order chi connectivity index (χ1) is 9.31. The first kappa shape index (κ1) is 12.7. The molecular weight excluding hydrogens is 324 g/mol. The van der Waals surface area contributed by atoms with E-state index in [0.29, 0.717) is 11.2 Å². The van der Waals surface area contributed by atoms with E-state index in [-0.39, 0.29) is 0 Å². The molecule has 0 aliphatic heterocycles. The van der Waals surface area contributed by atoms with Crippen molar-refractivity contribution in [3.63, 3.8) is 0 Å². The van der Waals surface area contributed by atoms with E-state index in [1.165, 1.54) is 5.56 Å². The van der Waals surface area contributed by atoms with Gasteiger partial charge in [0.05, 0.1) is 5.69 Å². The van der Waals surface area contributed by atoms with Gasteiger partial charge in [0.1, 0.15) is 5.75 Å². The summed E-state index contributed by atoms with van der Waals surface area (Å²) in [6.45, 7) is 2.13. The van der Waals surface area contributed by atoms with Gasteiger partial charge in [-0.3, -0.25) is 4.40 Å². The summed E-state index contributed by atoms with van der Waals surface area (Å²) in [6, 6.07) is 8.14. The number of ether oxygens (including phenoxy) is 1. The number of rotatable bonds is 4. The monoisotopic (exact) mass is 336 g/mol. The Morgan fingerprint density at radius 3 is 3.11 bits per heavy atom. The van der Waals surface area contributed by atoms with Gasteiger partial charge in [0.25, 0.3) is 0 Å². The van der Waals surface area contributed by atoms with Gasteiger partial charge in [-0.25, -0.2) is 0 Å². The second-order valence-corrected chi connectivity index (χ2v) is 5.59. The molecule has 0 aliphatic carbocycles. The minimum Gasteiger partial charge on any atom is -0.437 e. The summed E-state index contributed by atoms with van der Waals surface area (Å²) in [7, 11) is 0. The van der Waals surface area contributed by atoms with Gasteiger partial charge >= 0.3 is 0 Å². The Hall–Kier alpha value is -1.33. The maximum atomic E-state index is 5.93. The molecule has 0 fully saturated rings. The second-order valence-electron chi connectivity index (χ2n) is 4.16. The number of fused-ring (bicyclic) bond motifs is 1. The molecular formula is C14H13BrN2OS. The van der Waals surface area contributed by atoms with E-state index in [4.69, 9.17) is 4.74 Å². The highest BCUT2D eigenvalue weighted by atomic mass is 79.9. The molecule has 3 rings (SSSR count). The highest BCUT2D eigenvalue weighted by Crippen LogP contribution is 2.29. The number of benzene rings is 1. The molecule has 0 radical (unpaired) electrons. The molecule has 0 saturated carbocycles. The van der Waals surface area contributed by atoms with Crippen molar-refractivity contribution >= 4 is 32.2 Å². The minimum atomic E-state index is 0.678. The molecule has 0 atom stereocenters. The number of imidazole rings is 1. The Morgan fingerprint density at radius 2 is 2.32 bits per heavy atom. The van der Waals surface area contributed by atoms with Crippen LogP contribution in [0.2, 0.25) is 0 Å². The first-order valence-electron chi connectivity index (χ1n) is 6.09. The van der Waals surface area contributed by atoms with Gasteiger partial charge in [0, 0.05) is 16.9 Å². The van der Waals surface area contributed by atoms with Crippen LogP contribution in [0.15, 0.2) is 35.8 Å². The number of nitrogens with zero attached hydrogens (tertiary/aromatic N) is 2. The van der Waals surface area contributed by atoms with Crippen LogP contribution in [0.4, 0.5) is 0 Å². The van der Waals surface area contributed by atoms with Crippen molar-refractivity contribution in [3.8, 4) is 11.6 Å². The van der Waals surface area contributed by atoms with Crippen LogP contribution < -0.4 is 4.74 Å². The van der Waals surface area contributed by atoms with Crippen LogP contribution in [0.3, 0.4) is 0 Å². The number of halogens is 1. The predicted molar refractivity (Wildman–Crippen MR) is 81.6 cm³/mol. The SMILES string of the molecule is CCc1cccc(Oc2nc3sccn3c2CBr)c1. The van der Waals surface area contributed by atoms with Crippen molar-refractivity contribution in [2.45, 2.75) is 18.7 Å². The molecule has 0 unspecified atom stereocenters. The van der Waals surface area contributed by atoms with Crippen molar-refractivity contribution in [2.24, 2.45) is 0 Å². The fourth-order valence-corrected chi connectivity index (χ4v) is 3.19. The third kappa shape index (κ3) is 2.40. The summed E-state index contributed by atoms with van der Waals surface area (Å²) in [5.74, 6) is 1.52. The van der Waals surface area contributed by atoms with E-state index in [0.717, 1.165) is 22.8 Å². The van der Waals surface area contributed by atoms with Gasteiger partial charge in [-0.15, -0.1) is 11.3 Å². The number of aromatic nitrogens is 2. The van der Waals surface area contributed by atoms with E-state index in [1.54, 1.807) is 11.3 Å². The average molecular weight is 337 g/mol. The molecule has 0 N–H and O–H groups in total. The third-order valence-electron chi connectivity index (χ3n) is 2.97. The maximum Gasteiger partial charge on any atom is 0.243 e. The smallest absolute Gasteiger partial charge is 0.243 e. The minimum absolute atomic E-state index is 0.678. The summed E-state index contributed by atoms with van der Waals surface area (Å²) < 4.78 is 7.98. The number of hydrogen-bond acceptors (Lipinski definition) is 3. The molecule has 0 amide bonds. The molecule has 98 valence electrons. The Labute approximate surface area is 124 Å². The van der Waals surface area contributed by atoms with Crippen LogP contribution in [0, 0.1) is 0 Å². The van der Waals surface area contributed by atoms with E-state index in [9.17, 15) is 0 Å². The lowest BCUT2D eigenvalue weighted by molar-refractivity contribution is 0.461. The lowest BCUT2D eigenvalue weighted by Crippen LogP contribution is -1.91. The van der Waals surface area contributed by atoms with Crippen LogP contribution in [0.25, 0.3) is 4.96 Å². The van der Waals surface area contributed by atoms with Crippen molar-refractivity contribution in [3.05, 3.63) is 47.1 Å². The lowest BCUT2D eigenvalue weighted by Gasteiger charge is -2.05. The Morgan fingerprint density at radius 1 is 1.42 bits per heavy atom. The zero-order valence-electron chi connectivity index (χ0n) is 10.5. The Bertz CT molecular complexity index is 704. The summed E-state index contributed by atoms with van der Waals surface area (Å²) >= 11 is 5.11. The normalized spacial score (nSPS) is 11.1. The molecule has 3 nitrogen and oxygen atoms in total. The summed E-state index contributed by atoms with van der Waals surface area (Å²) in [6.07, 6.45) is 3.01. The van der Waals surface area contributed by atoms with Crippen molar-refractivity contribution < 1.29 is 4.74 Å². The van der Waals surface area contributed by atoms with E-state index in [2.05, 4.69) is 44.4 Å². The number of alkyl halides is 1. The van der Waals surface area contributed by atoms with Gasteiger partial charge in [-0.1, -0.05) is 35.0 Å². The molecule has 0 aliphatic rings. The summed E-state index contributed by atoms with van der Waals surface area (Å²) in [5.41, 5.74) is 2.30. The summed E-state index contributed by atoms with van der Waals surface area (Å²) in [4.78, 5) is 5.48. The van der Waals surface area contributed by atoms with Crippen LogP contribution in [-0.4, -0.2) is 9.38 Å². The Kier molecular flexibility index (Phi) is 3.57. The topological polar surface area (TPSA) is 26.5 Å². The predicted octanol–water partition coefficient (Wildman–Crippen LogP) is 4.65. The highest BCUT2D eigenvalue weighted by Gasteiger charge is 2.14. The fraction of sp³-hybridized carbons (Fsp3) is 0.214. The molecule has 5 heteroatoms. The van der Waals surface area contributed by atoms with Gasteiger partial charge < -0.3 is 4.74 Å². The van der Waals surface area contributed by atoms with E-state index < -0.39 is 0 Å². The molecule has 0 spiro atoms. The average Bonchev–Trinajstić information content (AvgIpc) is 2.99. The van der Waals surface area contributed by atoms with Crippen LogP contribution in [-0.2, 0) is 11.8 Å². The quantitative estimate of drug-likeness (QED) is 0.648. The molecule has 1 aromatic carbocycles. The molecule has 2 aromatic heterocycles. The molecule has 19 heavy (non-hydrogen) atoms. The van der Waals surface area contributed by atoms with Crippen molar-refractivity contribution in [1.29, 1.82) is 0 Å². The second kappa shape index (κ2) is 5.35. The summed E-state index contributed by atoms with van der Waals surface area (Å²) in [5, 5.41) is 2.74. The van der Waals surface area contributed by atoms with E-state index >= 15 is 0 Å². The zero-order chi connectivity index (χ0) is 13.2. The van der Waals surface area contributed by atoms with Crippen LogP contribution >= 0.6 is 27.3 Å². The molecule has 3 aromatic rings. The number of hydrogen-bond donors (Lipinski definition) is 0. The third-order valence-corrected chi connectivity index (χ3v) is 4.26. The van der Waals surface area contributed by atoms with Gasteiger partial charge in [0.2, 0.25) is 5.88 Å². The van der Waals surface area contributed by atoms with Gasteiger partial charge in [0.15, 0.2) is 4.96 Å².